The fourth-order valence-corrected chi connectivity index (χ4v) is 4.06. The van der Waals surface area contributed by atoms with Gasteiger partial charge in [-0.1, -0.05) is 60.7 Å². The summed E-state index contributed by atoms with van der Waals surface area (Å²) < 4.78 is 0. The summed E-state index contributed by atoms with van der Waals surface area (Å²) in [5, 5.41) is 12.1. The number of nitrogens with one attached hydrogen (secondary N) is 2. The average Bonchev–Trinajstić information content (AvgIpc) is 3.57. The second-order valence-electron chi connectivity index (χ2n) is 8.57. The number of hydrogen-bond acceptors (Lipinski definition) is 5. The number of hydrogen-bond donors (Lipinski definition) is 3. The van der Waals surface area contributed by atoms with E-state index < -0.39 is 17.9 Å². The molecule has 9 heteroatoms. The SMILES string of the molecule is O=C(NC(Cc1cnc[nH]1)C(=O)O)c1ccc(N2C(=O)C(=Cc3ccccc3)N=C2c2ccccc2)cc1. The number of aliphatic imine (C=N–C) groups is 1. The van der Waals surface area contributed by atoms with Crippen LogP contribution in [0.15, 0.2) is 108 Å². The highest BCUT2D eigenvalue weighted by Gasteiger charge is 2.32. The molecule has 0 radical (unpaired) electrons. The van der Waals surface area contributed by atoms with Gasteiger partial charge in [-0.3, -0.25) is 14.5 Å². The molecule has 5 rings (SSSR count). The number of amides is 2. The van der Waals surface area contributed by atoms with E-state index in [1.54, 1.807) is 30.3 Å². The largest absolute Gasteiger partial charge is 0.480 e. The predicted octanol–water partition coefficient (Wildman–Crippen LogP) is 3.67. The molecule has 1 aromatic heterocycles. The number of rotatable bonds is 8. The molecule has 1 aliphatic heterocycles. The first-order chi connectivity index (χ1) is 18.5. The van der Waals surface area contributed by atoms with Gasteiger partial charge < -0.3 is 15.4 Å². The van der Waals surface area contributed by atoms with Gasteiger partial charge in [0, 0.05) is 29.4 Å². The number of aromatic nitrogens is 2. The maximum atomic E-state index is 13.5. The third kappa shape index (κ3) is 5.26. The van der Waals surface area contributed by atoms with Gasteiger partial charge in [-0.2, -0.15) is 0 Å². The van der Waals surface area contributed by atoms with Crippen molar-refractivity contribution in [1.29, 1.82) is 0 Å². The van der Waals surface area contributed by atoms with Crippen molar-refractivity contribution >= 4 is 35.4 Å². The number of imidazole rings is 1. The van der Waals surface area contributed by atoms with Crippen LogP contribution in [0.4, 0.5) is 5.69 Å². The lowest BCUT2D eigenvalue weighted by molar-refractivity contribution is -0.139. The van der Waals surface area contributed by atoms with Crippen LogP contribution in [0.5, 0.6) is 0 Å². The van der Waals surface area contributed by atoms with Gasteiger partial charge >= 0.3 is 5.97 Å². The highest BCUT2D eigenvalue weighted by molar-refractivity contribution is 6.33. The number of anilines is 1. The van der Waals surface area contributed by atoms with Gasteiger partial charge in [0.1, 0.15) is 17.6 Å². The fraction of sp³-hybridized carbons (Fsp3) is 0.0690. The van der Waals surface area contributed by atoms with Crippen molar-refractivity contribution in [1.82, 2.24) is 15.3 Å². The Balaban J connectivity index is 1.40. The van der Waals surface area contributed by atoms with E-state index in [0.29, 0.717) is 22.9 Å². The van der Waals surface area contributed by atoms with Crippen molar-refractivity contribution < 1.29 is 19.5 Å². The molecule has 3 N–H and O–H groups in total. The minimum Gasteiger partial charge on any atom is -0.480 e. The zero-order valence-electron chi connectivity index (χ0n) is 20.1. The molecule has 0 aliphatic carbocycles. The number of carboxylic acids is 1. The van der Waals surface area contributed by atoms with Gasteiger partial charge in [0.15, 0.2) is 0 Å². The van der Waals surface area contributed by atoms with Crippen LogP contribution < -0.4 is 10.2 Å². The summed E-state index contributed by atoms with van der Waals surface area (Å²) >= 11 is 0. The molecule has 1 aliphatic rings. The third-order valence-corrected chi connectivity index (χ3v) is 5.97. The summed E-state index contributed by atoms with van der Waals surface area (Å²) in [6.45, 7) is 0. The third-order valence-electron chi connectivity index (χ3n) is 5.97. The summed E-state index contributed by atoms with van der Waals surface area (Å²) in [5.74, 6) is -1.53. The van der Waals surface area contributed by atoms with Crippen molar-refractivity contribution in [3.8, 4) is 0 Å². The Morgan fingerprint density at radius 2 is 1.66 bits per heavy atom. The van der Waals surface area contributed by atoms with Crippen LogP contribution in [-0.4, -0.2) is 44.7 Å². The summed E-state index contributed by atoms with van der Waals surface area (Å²) in [6, 6.07) is 24.1. The zero-order valence-corrected chi connectivity index (χ0v) is 20.1. The lowest BCUT2D eigenvalue weighted by Gasteiger charge is -2.19. The lowest BCUT2D eigenvalue weighted by atomic mass is 10.1. The summed E-state index contributed by atoms with van der Waals surface area (Å²) in [6.07, 6.45) is 4.76. The smallest absolute Gasteiger partial charge is 0.326 e. The minimum absolute atomic E-state index is 0.0643. The number of carbonyl (C=O) groups excluding carboxylic acids is 2. The Morgan fingerprint density at radius 1 is 0.974 bits per heavy atom. The molecule has 9 nitrogen and oxygen atoms in total. The number of nitrogens with zero attached hydrogens (tertiary/aromatic N) is 3. The summed E-state index contributed by atoms with van der Waals surface area (Å²) in [5.41, 5.74) is 3.28. The number of aromatic amines is 1. The molecule has 1 atom stereocenters. The van der Waals surface area contributed by atoms with Gasteiger partial charge in [0.2, 0.25) is 0 Å². The van der Waals surface area contributed by atoms with Gasteiger partial charge in [-0.25, -0.2) is 14.8 Å². The Labute approximate surface area is 218 Å². The standard InChI is InChI=1S/C29H23N5O4/c35-27(33-25(29(37)38)16-22-17-30-18-31-22)21-11-13-23(14-12-21)34-26(20-9-5-2-6-10-20)32-24(28(34)36)15-19-7-3-1-4-8-19/h1-15,17-18,25H,16H2,(H,30,31)(H,33,35)(H,37,38). The molecule has 0 spiro atoms. The van der Waals surface area contributed by atoms with E-state index in [1.165, 1.54) is 17.4 Å². The second-order valence-corrected chi connectivity index (χ2v) is 8.57. The first kappa shape index (κ1) is 24.4. The number of aliphatic carboxylic acids is 1. The van der Waals surface area contributed by atoms with Crippen LogP contribution in [0.3, 0.4) is 0 Å². The normalized spacial score (nSPS) is 14.8. The van der Waals surface area contributed by atoms with Gasteiger partial charge in [0.25, 0.3) is 11.8 Å². The maximum absolute atomic E-state index is 13.5. The molecule has 1 unspecified atom stereocenters. The maximum Gasteiger partial charge on any atom is 0.326 e. The molecule has 0 fully saturated rings. The van der Waals surface area contributed by atoms with Crippen LogP contribution in [0.2, 0.25) is 0 Å². The topological polar surface area (TPSA) is 128 Å². The van der Waals surface area contributed by atoms with Crippen molar-refractivity contribution in [2.75, 3.05) is 4.90 Å². The molecular formula is C29H23N5O4. The van der Waals surface area contributed by atoms with Gasteiger partial charge in [-0.15, -0.1) is 0 Å². The monoisotopic (exact) mass is 505 g/mol. The number of benzene rings is 3. The molecule has 0 bridgehead atoms. The Bertz CT molecular complexity index is 1510. The minimum atomic E-state index is -1.16. The number of H-pyrrole nitrogens is 1. The predicted molar refractivity (Wildman–Crippen MR) is 143 cm³/mol. The molecule has 0 saturated heterocycles. The van der Waals surface area contributed by atoms with E-state index in [2.05, 4.69) is 20.3 Å². The van der Waals surface area contributed by atoms with E-state index in [1.807, 2.05) is 60.7 Å². The van der Waals surface area contributed by atoms with Crippen molar-refractivity contribution in [3.05, 3.63) is 126 Å². The Morgan fingerprint density at radius 3 is 2.29 bits per heavy atom. The van der Waals surface area contributed by atoms with Crippen LogP contribution in [0.25, 0.3) is 6.08 Å². The quantitative estimate of drug-likeness (QED) is 0.315. The van der Waals surface area contributed by atoms with Crippen molar-refractivity contribution in [2.45, 2.75) is 12.5 Å². The Kier molecular flexibility index (Phi) is 6.90. The van der Waals surface area contributed by atoms with Crippen LogP contribution in [0.1, 0.15) is 27.2 Å². The van der Waals surface area contributed by atoms with Crippen LogP contribution in [0, 0.1) is 0 Å². The second kappa shape index (κ2) is 10.8. The summed E-state index contributed by atoms with van der Waals surface area (Å²) in [7, 11) is 0. The highest BCUT2D eigenvalue weighted by atomic mass is 16.4. The van der Waals surface area contributed by atoms with Gasteiger partial charge in [-0.05, 0) is 35.9 Å². The first-order valence-corrected chi connectivity index (χ1v) is 11.9. The average molecular weight is 506 g/mol. The van der Waals surface area contributed by atoms with Crippen LogP contribution >= 0.6 is 0 Å². The van der Waals surface area contributed by atoms with E-state index in [9.17, 15) is 19.5 Å². The van der Waals surface area contributed by atoms with Crippen molar-refractivity contribution in [2.24, 2.45) is 4.99 Å². The highest BCUT2D eigenvalue weighted by Crippen LogP contribution is 2.28. The number of amidine groups is 1. The van der Waals surface area contributed by atoms with E-state index in [4.69, 9.17) is 0 Å². The molecule has 38 heavy (non-hydrogen) atoms. The van der Waals surface area contributed by atoms with E-state index >= 15 is 0 Å². The van der Waals surface area contributed by atoms with Gasteiger partial charge in [0.05, 0.1) is 12.0 Å². The van der Waals surface area contributed by atoms with Crippen molar-refractivity contribution in [3.63, 3.8) is 0 Å². The molecule has 2 heterocycles. The number of carbonyl (C=O) groups is 3. The Hall–Kier alpha value is -5.31. The molecule has 188 valence electrons. The lowest BCUT2D eigenvalue weighted by Crippen LogP contribution is -2.42. The number of carboxylic acid groups (broad SMARTS) is 1. The molecular weight excluding hydrogens is 482 g/mol. The molecule has 2 amide bonds. The zero-order chi connectivity index (χ0) is 26.5. The fourth-order valence-electron chi connectivity index (χ4n) is 4.06. The molecule has 0 saturated carbocycles. The van der Waals surface area contributed by atoms with E-state index in [0.717, 1.165) is 11.1 Å². The molecule has 4 aromatic rings. The first-order valence-electron chi connectivity index (χ1n) is 11.9. The van der Waals surface area contributed by atoms with E-state index in [-0.39, 0.29) is 17.9 Å². The summed E-state index contributed by atoms with van der Waals surface area (Å²) in [4.78, 5) is 50.8. The van der Waals surface area contributed by atoms with Crippen LogP contribution in [-0.2, 0) is 16.0 Å². The molecule has 3 aromatic carbocycles.